The van der Waals surface area contributed by atoms with Gasteiger partial charge in [-0.05, 0) is 23.8 Å². The van der Waals surface area contributed by atoms with Crippen LogP contribution in [0.5, 0.6) is 5.75 Å². The Morgan fingerprint density at radius 1 is 1.06 bits per heavy atom. The van der Waals surface area contributed by atoms with E-state index in [1.165, 1.54) is 12.1 Å². The molecule has 2 aromatic rings. The number of para-hydroxylation sites is 1. The first kappa shape index (κ1) is 12.9. The van der Waals surface area contributed by atoms with Crippen molar-refractivity contribution in [1.82, 2.24) is 5.32 Å². The number of phenols is 1. The van der Waals surface area contributed by atoms with Crippen LogP contribution in [0.4, 0.5) is 4.39 Å². The molecule has 2 aromatic carbocycles. The third-order valence-corrected chi connectivity index (χ3v) is 2.93. The number of benzene rings is 2. The van der Waals surface area contributed by atoms with E-state index >= 15 is 0 Å². The smallest absolute Gasteiger partial charge is 0.138 e. The molecule has 0 aliphatic carbocycles. The van der Waals surface area contributed by atoms with E-state index < -0.39 is 0 Å². The summed E-state index contributed by atoms with van der Waals surface area (Å²) in [6, 6.07) is 11.5. The van der Waals surface area contributed by atoms with E-state index in [0.29, 0.717) is 18.1 Å². The van der Waals surface area contributed by atoms with Gasteiger partial charge in [0.25, 0.3) is 0 Å². The predicted octanol–water partition coefficient (Wildman–Crippen LogP) is 3.47. The molecule has 0 unspecified atom stereocenters. The first-order valence-electron chi connectivity index (χ1n) is 5.58. The lowest BCUT2D eigenvalue weighted by molar-refractivity contribution is 0.464. The molecule has 0 radical (unpaired) electrons. The molecule has 0 heterocycles. The summed E-state index contributed by atoms with van der Waals surface area (Å²) in [5, 5.41) is 13.2. The van der Waals surface area contributed by atoms with E-state index in [0.717, 1.165) is 11.1 Å². The maximum absolute atomic E-state index is 12.7. The second-order valence-electron chi connectivity index (χ2n) is 3.98. The van der Waals surface area contributed by atoms with Crippen LogP contribution in [0.15, 0.2) is 42.5 Å². The average molecular weight is 266 g/mol. The molecule has 0 saturated carbocycles. The molecule has 0 aromatic heterocycles. The first-order valence-corrected chi connectivity index (χ1v) is 5.96. The number of hydrogen-bond donors (Lipinski definition) is 2. The summed E-state index contributed by atoms with van der Waals surface area (Å²) < 4.78 is 12.7. The average Bonchev–Trinajstić information content (AvgIpc) is 2.37. The number of phenolic OH excluding ortho intramolecular Hbond substituents is 1. The van der Waals surface area contributed by atoms with E-state index in [1.54, 1.807) is 30.3 Å². The molecule has 0 spiro atoms. The summed E-state index contributed by atoms with van der Waals surface area (Å²) in [4.78, 5) is 0. The summed E-state index contributed by atoms with van der Waals surface area (Å²) >= 11 is 5.81. The third kappa shape index (κ3) is 3.22. The summed E-state index contributed by atoms with van der Waals surface area (Å²) in [6.07, 6.45) is 0. The lowest BCUT2D eigenvalue weighted by atomic mass is 10.2. The molecule has 0 amide bonds. The van der Waals surface area contributed by atoms with E-state index in [-0.39, 0.29) is 11.6 Å². The standard InChI is InChI=1S/C14H13ClFNO/c15-13-3-1-2-11(14(13)18)9-17-8-10-4-6-12(16)7-5-10/h1-7,17-18H,8-9H2. The fourth-order valence-corrected chi connectivity index (χ4v) is 1.84. The minimum absolute atomic E-state index is 0.103. The Balaban J connectivity index is 1.92. The second-order valence-corrected chi connectivity index (χ2v) is 4.38. The number of hydrogen-bond acceptors (Lipinski definition) is 2. The summed E-state index contributed by atoms with van der Waals surface area (Å²) in [5.74, 6) is -0.142. The normalized spacial score (nSPS) is 10.6. The van der Waals surface area contributed by atoms with Crippen molar-refractivity contribution in [3.63, 3.8) is 0 Å². The van der Waals surface area contributed by atoms with Gasteiger partial charge in [-0.3, -0.25) is 0 Å². The van der Waals surface area contributed by atoms with E-state index in [9.17, 15) is 9.50 Å². The Kier molecular flexibility index (Phi) is 4.18. The van der Waals surface area contributed by atoms with Crippen molar-refractivity contribution in [3.05, 3.63) is 64.4 Å². The monoisotopic (exact) mass is 265 g/mol. The highest BCUT2D eigenvalue weighted by Crippen LogP contribution is 2.26. The van der Waals surface area contributed by atoms with Crippen LogP contribution in [0.2, 0.25) is 5.02 Å². The number of nitrogens with one attached hydrogen (secondary N) is 1. The quantitative estimate of drug-likeness (QED) is 0.887. The third-order valence-electron chi connectivity index (χ3n) is 2.63. The Morgan fingerprint density at radius 2 is 1.78 bits per heavy atom. The van der Waals surface area contributed by atoms with Crippen LogP contribution in [0.3, 0.4) is 0 Å². The number of aromatic hydroxyl groups is 1. The van der Waals surface area contributed by atoms with E-state index in [2.05, 4.69) is 5.32 Å². The molecule has 2 nitrogen and oxygen atoms in total. The molecule has 2 N–H and O–H groups in total. The molecular formula is C14H13ClFNO. The van der Waals surface area contributed by atoms with Gasteiger partial charge in [-0.1, -0.05) is 35.9 Å². The van der Waals surface area contributed by atoms with Crippen LogP contribution >= 0.6 is 11.6 Å². The van der Waals surface area contributed by atoms with Crippen molar-refractivity contribution in [2.24, 2.45) is 0 Å². The van der Waals surface area contributed by atoms with E-state index in [1.807, 2.05) is 0 Å². The summed E-state index contributed by atoms with van der Waals surface area (Å²) in [5.41, 5.74) is 1.72. The topological polar surface area (TPSA) is 32.3 Å². The summed E-state index contributed by atoms with van der Waals surface area (Å²) in [6.45, 7) is 1.11. The molecule has 4 heteroatoms. The molecular weight excluding hydrogens is 253 g/mol. The minimum atomic E-state index is -0.244. The van der Waals surface area contributed by atoms with Crippen LogP contribution in [0, 0.1) is 5.82 Å². The Bertz CT molecular complexity index is 528. The largest absolute Gasteiger partial charge is 0.506 e. The SMILES string of the molecule is Oc1c(Cl)cccc1CNCc1ccc(F)cc1. The van der Waals surface area contributed by atoms with Crippen molar-refractivity contribution in [2.45, 2.75) is 13.1 Å². The molecule has 94 valence electrons. The molecule has 2 rings (SSSR count). The van der Waals surface area contributed by atoms with Crippen LogP contribution in [-0.2, 0) is 13.1 Å². The lowest BCUT2D eigenvalue weighted by Crippen LogP contribution is -2.12. The predicted molar refractivity (Wildman–Crippen MR) is 70.1 cm³/mol. The maximum Gasteiger partial charge on any atom is 0.138 e. The zero-order valence-corrected chi connectivity index (χ0v) is 10.4. The lowest BCUT2D eigenvalue weighted by Gasteiger charge is -2.08. The highest BCUT2D eigenvalue weighted by molar-refractivity contribution is 6.32. The molecule has 0 fully saturated rings. The van der Waals surface area contributed by atoms with Gasteiger partial charge in [0.2, 0.25) is 0 Å². The number of rotatable bonds is 4. The van der Waals surface area contributed by atoms with Crippen molar-refractivity contribution >= 4 is 11.6 Å². The molecule has 0 bridgehead atoms. The molecule has 0 aliphatic heterocycles. The Hall–Kier alpha value is -1.58. The fraction of sp³-hybridized carbons (Fsp3) is 0.143. The molecule has 0 atom stereocenters. The van der Waals surface area contributed by atoms with Gasteiger partial charge in [-0.25, -0.2) is 4.39 Å². The molecule has 0 aliphatic rings. The van der Waals surface area contributed by atoms with Gasteiger partial charge < -0.3 is 10.4 Å². The van der Waals surface area contributed by atoms with Gasteiger partial charge in [0.05, 0.1) is 5.02 Å². The van der Waals surface area contributed by atoms with Crippen LogP contribution < -0.4 is 5.32 Å². The van der Waals surface area contributed by atoms with Crippen molar-refractivity contribution in [1.29, 1.82) is 0 Å². The number of halogens is 2. The van der Waals surface area contributed by atoms with Gasteiger partial charge in [0.15, 0.2) is 0 Å². The first-order chi connectivity index (χ1) is 8.66. The van der Waals surface area contributed by atoms with Crippen LogP contribution in [0.1, 0.15) is 11.1 Å². The van der Waals surface area contributed by atoms with Crippen LogP contribution in [-0.4, -0.2) is 5.11 Å². The highest BCUT2D eigenvalue weighted by atomic mass is 35.5. The summed E-state index contributed by atoms with van der Waals surface area (Å²) in [7, 11) is 0. The highest BCUT2D eigenvalue weighted by Gasteiger charge is 2.04. The van der Waals surface area contributed by atoms with Gasteiger partial charge in [-0.2, -0.15) is 0 Å². The van der Waals surface area contributed by atoms with Gasteiger partial charge in [-0.15, -0.1) is 0 Å². The van der Waals surface area contributed by atoms with Crippen molar-refractivity contribution < 1.29 is 9.50 Å². The molecule has 18 heavy (non-hydrogen) atoms. The molecule has 0 saturated heterocycles. The van der Waals surface area contributed by atoms with Crippen molar-refractivity contribution in [2.75, 3.05) is 0 Å². The zero-order chi connectivity index (χ0) is 13.0. The van der Waals surface area contributed by atoms with E-state index in [4.69, 9.17) is 11.6 Å². The Labute approximate surface area is 110 Å². The maximum atomic E-state index is 12.7. The zero-order valence-electron chi connectivity index (χ0n) is 9.66. The van der Waals surface area contributed by atoms with Crippen LogP contribution in [0.25, 0.3) is 0 Å². The van der Waals surface area contributed by atoms with Gasteiger partial charge in [0, 0.05) is 18.7 Å². The Morgan fingerprint density at radius 3 is 2.50 bits per heavy atom. The van der Waals surface area contributed by atoms with Crippen molar-refractivity contribution in [3.8, 4) is 5.75 Å². The fourth-order valence-electron chi connectivity index (χ4n) is 1.65. The second kappa shape index (κ2) is 5.85. The minimum Gasteiger partial charge on any atom is -0.506 e. The van der Waals surface area contributed by atoms with Gasteiger partial charge in [0.1, 0.15) is 11.6 Å². The van der Waals surface area contributed by atoms with Gasteiger partial charge >= 0.3 is 0 Å².